The summed E-state index contributed by atoms with van der Waals surface area (Å²) >= 11 is 6.06. The Hall–Kier alpha value is -1.08. The molecule has 2 N–H and O–H groups in total. The number of rotatable bonds is 2. The molecule has 1 heterocycles. The van der Waals surface area contributed by atoms with Gasteiger partial charge in [-0.15, -0.1) is 0 Å². The minimum atomic E-state index is 0.308. The van der Waals surface area contributed by atoms with Gasteiger partial charge in [0.2, 0.25) is 0 Å². The average Bonchev–Trinajstić information content (AvgIpc) is 2.18. The van der Waals surface area contributed by atoms with E-state index in [1.807, 2.05) is 6.07 Å². The number of hydrogen-bond acceptors (Lipinski definition) is 3. The molecule has 0 saturated carbocycles. The molecule has 78 valence electrons. The van der Waals surface area contributed by atoms with Crippen LogP contribution in [0.15, 0.2) is 18.2 Å². The van der Waals surface area contributed by atoms with Crippen molar-refractivity contribution in [1.29, 1.82) is 5.26 Å². The Morgan fingerprint density at radius 3 is 2.80 bits per heavy atom. The fourth-order valence-corrected chi connectivity index (χ4v) is 1.97. The van der Waals surface area contributed by atoms with Crippen molar-refractivity contribution in [3.8, 4) is 6.07 Å². The molecule has 0 atom stereocenters. The first-order valence-electron chi connectivity index (χ1n) is 4.85. The molecule has 0 amide bonds. The van der Waals surface area contributed by atoms with Crippen molar-refractivity contribution >= 4 is 11.6 Å². The first-order chi connectivity index (χ1) is 7.19. The van der Waals surface area contributed by atoms with Crippen LogP contribution in [0.1, 0.15) is 11.1 Å². The van der Waals surface area contributed by atoms with Crippen LogP contribution in [-0.4, -0.2) is 24.0 Å². The van der Waals surface area contributed by atoms with Gasteiger partial charge in [-0.2, -0.15) is 5.26 Å². The first-order valence-corrected chi connectivity index (χ1v) is 5.23. The molecular weight excluding hydrogens is 210 g/mol. The van der Waals surface area contributed by atoms with E-state index in [0.717, 1.165) is 25.2 Å². The van der Waals surface area contributed by atoms with E-state index in [9.17, 15) is 0 Å². The number of nitrogens with zero attached hydrogens (tertiary/aromatic N) is 2. The molecule has 0 aliphatic carbocycles. The number of likely N-dealkylation sites (tertiary alicyclic amines) is 1. The molecule has 15 heavy (non-hydrogen) atoms. The van der Waals surface area contributed by atoms with Crippen LogP contribution in [0.4, 0.5) is 0 Å². The van der Waals surface area contributed by atoms with Gasteiger partial charge < -0.3 is 5.73 Å². The van der Waals surface area contributed by atoms with Crippen molar-refractivity contribution in [2.24, 2.45) is 5.73 Å². The largest absolute Gasteiger partial charge is 0.325 e. The summed E-state index contributed by atoms with van der Waals surface area (Å²) in [5.74, 6) is 0. The average molecular weight is 222 g/mol. The van der Waals surface area contributed by atoms with Crippen molar-refractivity contribution in [2.45, 2.75) is 12.6 Å². The van der Waals surface area contributed by atoms with Crippen LogP contribution in [0.25, 0.3) is 0 Å². The van der Waals surface area contributed by atoms with Crippen LogP contribution >= 0.6 is 11.6 Å². The number of benzene rings is 1. The maximum absolute atomic E-state index is 8.69. The Morgan fingerprint density at radius 1 is 1.53 bits per heavy atom. The molecule has 0 spiro atoms. The van der Waals surface area contributed by atoms with E-state index in [1.54, 1.807) is 12.1 Å². The minimum absolute atomic E-state index is 0.308. The highest BCUT2D eigenvalue weighted by Gasteiger charge is 2.23. The van der Waals surface area contributed by atoms with Crippen LogP contribution in [0.3, 0.4) is 0 Å². The standard InChI is InChI=1S/C11H12ClN3/c12-11-3-8(4-13)1-2-9(11)5-15-6-10(14)7-15/h1-3,10H,5-7,14H2. The Kier molecular flexibility index (Phi) is 2.92. The summed E-state index contributed by atoms with van der Waals surface area (Å²) < 4.78 is 0. The maximum Gasteiger partial charge on any atom is 0.0992 e. The third-order valence-electron chi connectivity index (χ3n) is 2.56. The first kappa shape index (κ1) is 10.4. The highest BCUT2D eigenvalue weighted by molar-refractivity contribution is 6.31. The second-order valence-electron chi connectivity index (χ2n) is 3.87. The molecule has 1 fully saturated rings. The Labute approximate surface area is 94.0 Å². The lowest BCUT2D eigenvalue weighted by molar-refractivity contribution is 0.142. The summed E-state index contributed by atoms with van der Waals surface area (Å²) in [7, 11) is 0. The van der Waals surface area contributed by atoms with Gasteiger partial charge in [0.15, 0.2) is 0 Å². The fraction of sp³-hybridized carbons (Fsp3) is 0.364. The molecule has 0 aromatic heterocycles. The topological polar surface area (TPSA) is 53.0 Å². The molecule has 1 aliphatic rings. The normalized spacial score (nSPS) is 17.1. The summed E-state index contributed by atoms with van der Waals surface area (Å²) in [5, 5.41) is 9.35. The molecule has 0 unspecified atom stereocenters. The van der Waals surface area contributed by atoms with Crippen molar-refractivity contribution in [2.75, 3.05) is 13.1 Å². The molecule has 0 radical (unpaired) electrons. The fourth-order valence-electron chi connectivity index (χ4n) is 1.72. The lowest BCUT2D eigenvalue weighted by Gasteiger charge is -2.36. The van der Waals surface area contributed by atoms with Crippen molar-refractivity contribution in [3.05, 3.63) is 34.3 Å². The SMILES string of the molecule is N#Cc1ccc(CN2CC(N)C2)c(Cl)c1. The molecule has 1 saturated heterocycles. The molecule has 1 aromatic carbocycles. The molecule has 0 bridgehead atoms. The van der Waals surface area contributed by atoms with Gasteiger partial charge in [0.05, 0.1) is 11.6 Å². The summed E-state index contributed by atoms with van der Waals surface area (Å²) in [4.78, 5) is 2.23. The number of nitrogens with two attached hydrogens (primary N) is 1. The van der Waals surface area contributed by atoms with E-state index in [1.165, 1.54) is 0 Å². The van der Waals surface area contributed by atoms with E-state index >= 15 is 0 Å². The molecule has 1 aromatic rings. The van der Waals surface area contributed by atoms with Crippen LogP contribution < -0.4 is 5.73 Å². The van der Waals surface area contributed by atoms with Gasteiger partial charge in [0, 0.05) is 30.7 Å². The minimum Gasteiger partial charge on any atom is -0.325 e. The van der Waals surface area contributed by atoms with Crippen molar-refractivity contribution in [3.63, 3.8) is 0 Å². The van der Waals surface area contributed by atoms with E-state index < -0.39 is 0 Å². The number of hydrogen-bond donors (Lipinski definition) is 1. The zero-order valence-electron chi connectivity index (χ0n) is 8.28. The highest BCUT2D eigenvalue weighted by atomic mass is 35.5. The summed E-state index contributed by atoms with van der Waals surface area (Å²) in [5.41, 5.74) is 7.35. The lowest BCUT2D eigenvalue weighted by atomic mass is 10.1. The van der Waals surface area contributed by atoms with Gasteiger partial charge in [-0.25, -0.2) is 0 Å². The summed E-state index contributed by atoms with van der Waals surface area (Å²) in [6, 6.07) is 7.78. The Morgan fingerprint density at radius 2 is 2.27 bits per heavy atom. The van der Waals surface area contributed by atoms with E-state index in [4.69, 9.17) is 22.6 Å². The van der Waals surface area contributed by atoms with Crippen LogP contribution in [-0.2, 0) is 6.54 Å². The predicted molar refractivity (Wildman–Crippen MR) is 59.4 cm³/mol. The van der Waals surface area contributed by atoms with Gasteiger partial charge in [-0.1, -0.05) is 17.7 Å². The monoisotopic (exact) mass is 221 g/mol. The van der Waals surface area contributed by atoms with Crippen LogP contribution in [0, 0.1) is 11.3 Å². The van der Waals surface area contributed by atoms with Gasteiger partial charge >= 0.3 is 0 Å². The smallest absolute Gasteiger partial charge is 0.0992 e. The number of nitriles is 1. The van der Waals surface area contributed by atoms with Crippen LogP contribution in [0.5, 0.6) is 0 Å². The van der Waals surface area contributed by atoms with E-state index in [2.05, 4.69) is 11.0 Å². The predicted octanol–water partition coefficient (Wildman–Crippen LogP) is 1.35. The molecular formula is C11H12ClN3. The third kappa shape index (κ3) is 2.29. The van der Waals surface area contributed by atoms with Crippen LogP contribution in [0.2, 0.25) is 5.02 Å². The van der Waals surface area contributed by atoms with E-state index in [-0.39, 0.29) is 0 Å². The zero-order valence-corrected chi connectivity index (χ0v) is 9.04. The quantitative estimate of drug-likeness (QED) is 0.821. The highest BCUT2D eigenvalue weighted by Crippen LogP contribution is 2.21. The van der Waals surface area contributed by atoms with Gasteiger partial charge in [0.25, 0.3) is 0 Å². The maximum atomic E-state index is 8.69. The molecule has 2 rings (SSSR count). The van der Waals surface area contributed by atoms with Crippen molar-refractivity contribution < 1.29 is 0 Å². The Bertz CT molecular complexity index is 405. The van der Waals surface area contributed by atoms with E-state index in [0.29, 0.717) is 16.6 Å². The van der Waals surface area contributed by atoms with Gasteiger partial charge in [-0.05, 0) is 17.7 Å². The second-order valence-corrected chi connectivity index (χ2v) is 4.28. The lowest BCUT2D eigenvalue weighted by Crippen LogP contribution is -2.54. The second kappa shape index (κ2) is 4.19. The zero-order chi connectivity index (χ0) is 10.8. The molecule has 4 heteroatoms. The molecule has 1 aliphatic heterocycles. The summed E-state index contributed by atoms with van der Waals surface area (Å²) in [6.45, 7) is 2.67. The number of halogens is 1. The molecule has 3 nitrogen and oxygen atoms in total. The van der Waals surface area contributed by atoms with Gasteiger partial charge in [-0.3, -0.25) is 4.90 Å². The third-order valence-corrected chi connectivity index (χ3v) is 2.91. The Balaban J connectivity index is 2.06. The summed E-state index contributed by atoms with van der Waals surface area (Å²) in [6.07, 6.45) is 0. The van der Waals surface area contributed by atoms with Gasteiger partial charge in [0.1, 0.15) is 0 Å². The van der Waals surface area contributed by atoms with Crippen molar-refractivity contribution in [1.82, 2.24) is 4.90 Å².